The van der Waals surface area contributed by atoms with E-state index in [4.69, 9.17) is 4.74 Å². The van der Waals surface area contributed by atoms with E-state index >= 15 is 0 Å². The molecule has 11 heteroatoms. The molecule has 0 saturated heterocycles. The van der Waals surface area contributed by atoms with E-state index in [0.29, 0.717) is 0 Å². The monoisotopic (exact) mass is 551 g/mol. The number of hydrogen-bond acceptors (Lipinski definition) is 6. The zero-order chi connectivity index (χ0) is 27.7. The maximum absolute atomic E-state index is 13.5. The summed E-state index contributed by atoms with van der Waals surface area (Å²) in [5.41, 5.74) is -0.998. The van der Waals surface area contributed by atoms with Crippen LogP contribution in [-0.2, 0) is 22.1 Å². The van der Waals surface area contributed by atoms with Crippen molar-refractivity contribution >= 4 is 49.8 Å². The van der Waals surface area contributed by atoms with Crippen LogP contribution in [0.2, 0.25) is 0 Å². The minimum atomic E-state index is -4.56. The number of ether oxygens (including phenoxy) is 1. The van der Waals surface area contributed by atoms with Gasteiger partial charge in [0, 0.05) is 10.8 Å². The summed E-state index contributed by atoms with van der Waals surface area (Å²) < 4.78 is 45.1. The second-order valence-corrected chi connectivity index (χ2v) is 9.43. The fourth-order valence-electron chi connectivity index (χ4n) is 4.25. The third-order valence-corrected chi connectivity index (χ3v) is 6.94. The van der Waals surface area contributed by atoms with Crippen LogP contribution < -0.4 is 10.9 Å². The third kappa shape index (κ3) is 5.13. The van der Waals surface area contributed by atoms with Gasteiger partial charge >= 0.3 is 12.1 Å². The molecule has 0 spiro atoms. The van der Waals surface area contributed by atoms with Gasteiger partial charge in [-0.05, 0) is 47.5 Å². The largest absolute Gasteiger partial charge is 0.461 e. The maximum Gasteiger partial charge on any atom is 0.416 e. The van der Waals surface area contributed by atoms with Crippen LogP contribution >= 0.6 is 11.3 Å². The van der Waals surface area contributed by atoms with Crippen molar-refractivity contribution in [3.63, 3.8) is 0 Å². The number of thiophene rings is 1. The summed E-state index contributed by atoms with van der Waals surface area (Å²) in [6, 6.07) is 17.1. The Labute approximate surface area is 223 Å². The fraction of sp³-hybridized carbons (Fsp3) is 0.143. The Kier molecular flexibility index (Phi) is 6.92. The Hall–Kier alpha value is -4.51. The van der Waals surface area contributed by atoms with Gasteiger partial charge in [0.05, 0.1) is 29.7 Å². The van der Waals surface area contributed by atoms with Gasteiger partial charge in [-0.2, -0.15) is 23.0 Å². The molecule has 0 saturated carbocycles. The van der Waals surface area contributed by atoms with Crippen molar-refractivity contribution in [2.75, 3.05) is 11.9 Å². The van der Waals surface area contributed by atoms with Gasteiger partial charge < -0.3 is 10.1 Å². The Balaban J connectivity index is 1.56. The number of carbonyl (C=O) groups is 2. The molecule has 198 valence electrons. The second kappa shape index (κ2) is 10.3. The average Bonchev–Trinajstić information content (AvgIpc) is 3.32. The summed E-state index contributed by atoms with van der Waals surface area (Å²) in [4.78, 5) is 39.3. The number of nitrogens with one attached hydrogen (secondary N) is 1. The van der Waals surface area contributed by atoms with Crippen LogP contribution in [0.1, 0.15) is 28.5 Å². The van der Waals surface area contributed by atoms with E-state index in [9.17, 15) is 27.6 Å². The predicted octanol–water partition coefficient (Wildman–Crippen LogP) is 5.98. The van der Waals surface area contributed by atoms with E-state index in [0.717, 1.165) is 56.6 Å². The first-order valence-corrected chi connectivity index (χ1v) is 12.7. The quantitative estimate of drug-likeness (QED) is 0.263. The van der Waals surface area contributed by atoms with Crippen LogP contribution in [0.15, 0.2) is 76.9 Å². The smallest absolute Gasteiger partial charge is 0.416 e. The zero-order valence-corrected chi connectivity index (χ0v) is 21.2. The lowest BCUT2D eigenvalue weighted by molar-refractivity contribution is -0.137. The fourth-order valence-corrected chi connectivity index (χ4v) is 5.20. The number of amides is 1. The number of alkyl halides is 3. The molecule has 2 aromatic heterocycles. The number of hydrogen-bond donors (Lipinski definition) is 1. The highest BCUT2D eigenvalue weighted by atomic mass is 32.1. The molecule has 0 unspecified atom stereocenters. The summed E-state index contributed by atoms with van der Waals surface area (Å²) in [5, 5.41) is 10.7. The number of fused-ring (bicyclic) bond motifs is 2. The van der Waals surface area contributed by atoms with Crippen LogP contribution in [0.5, 0.6) is 0 Å². The molecule has 1 amide bonds. The Morgan fingerprint density at radius 2 is 1.72 bits per heavy atom. The van der Waals surface area contributed by atoms with Crippen molar-refractivity contribution in [1.29, 1.82) is 0 Å². The molecule has 0 radical (unpaired) electrons. The van der Waals surface area contributed by atoms with Gasteiger partial charge in [0.25, 0.3) is 5.56 Å². The van der Waals surface area contributed by atoms with Gasteiger partial charge in [-0.25, -0.2) is 4.79 Å². The van der Waals surface area contributed by atoms with Gasteiger partial charge in [-0.15, -0.1) is 11.3 Å². The summed E-state index contributed by atoms with van der Waals surface area (Å²) in [6.07, 6.45) is -4.53. The summed E-state index contributed by atoms with van der Waals surface area (Å²) in [7, 11) is 0. The van der Waals surface area contributed by atoms with Gasteiger partial charge in [-0.3, -0.25) is 9.59 Å². The minimum Gasteiger partial charge on any atom is -0.461 e. The molecule has 0 aliphatic carbocycles. The Morgan fingerprint density at radius 1 is 1.00 bits per heavy atom. The number of carbonyl (C=O) groups excluding carboxylic acids is 2. The first-order valence-electron chi connectivity index (χ1n) is 11.8. The topological polar surface area (TPSA) is 90.3 Å². The van der Waals surface area contributed by atoms with E-state index in [1.54, 1.807) is 6.92 Å². The molecule has 0 aliphatic heterocycles. The number of esters is 1. The van der Waals surface area contributed by atoms with Gasteiger partial charge in [0.1, 0.15) is 5.00 Å². The van der Waals surface area contributed by atoms with Crippen molar-refractivity contribution in [3.05, 3.63) is 99.3 Å². The number of benzene rings is 3. The lowest BCUT2D eigenvalue weighted by Gasteiger charge is -2.11. The van der Waals surface area contributed by atoms with Crippen LogP contribution in [0, 0.1) is 0 Å². The molecule has 5 aromatic rings. The van der Waals surface area contributed by atoms with Crippen LogP contribution in [0.3, 0.4) is 0 Å². The lowest BCUT2D eigenvalue weighted by Crippen LogP contribution is -2.26. The predicted molar refractivity (Wildman–Crippen MR) is 142 cm³/mol. The highest BCUT2D eigenvalue weighted by molar-refractivity contribution is 7.16. The summed E-state index contributed by atoms with van der Waals surface area (Å²) in [5.74, 6) is -1.19. The first-order chi connectivity index (χ1) is 18.7. The number of anilines is 1. The molecule has 2 heterocycles. The summed E-state index contributed by atoms with van der Waals surface area (Å²) >= 11 is 1.04. The number of rotatable bonds is 6. The third-order valence-electron chi connectivity index (χ3n) is 6.04. The highest BCUT2D eigenvalue weighted by Crippen LogP contribution is 2.32. The Morgan fingerprint density at radius 3 is 2.44 bits per heavy atom. The van der Waals surface area contributed by atoms with Gasteiger partial charge in [0.2, 0.25) is 5.91 Å². The van der Waals surface area contributed by atoms with Crippen LogP contribution in [0.4, 0.5) is 18.2 Å². The Bertz CT molecular complexity index is 1770. The standard InChI is InChI=1S/C28H20F3N3O4S/c1-2-38-27(37)24-21-15-39-25(32-22(35)14-17-8-5-7-16-6-3-4-9-20(16)17)23(21)26(36)34(33-24)19-12-10-18(11-13-19)28(29,30)31/h3-13,15H,2,14H2,1H3,(H,32,35). The zero-order valence-electron chi connectivity index (χ0n) is 20.4. The van der Waals surface area contributed by atoms with Crippen LogP contribution in [0.25, 0.3) is 27.2 Å². The van der Waals surface area contributed by atoms with Gasteiger partial charge in [0.15, 0.2) is 5.69 Å². The van der Waals surface area contributed by atoms with Crippen molar-refractivity contribution in [1.82, 2.24) is 9.78 Å². The van der Waals surface area contributed by atoms with E-state index in [1.165, 1.54) is 5.38 Å². The summed E-state index contributed by atoms with van der Waals surface area (Å²) in [6.45, 7) is 1.65. The number of aromatic nitrogens is 2. The van der Waals surface area contributed by atoms with Crippen molar-refractivity contribution in [2.24, 2.45) is 0 Å². The van der Waals surface area contributed by atoms with Crippen LogP contribution in [-0.4, -0.2) is 28.3 Å². The lowest BCUT2D eigenvalue weighted by atomic mass is 10.0. The molecule has 5 rings (SSSR count). The number of halogens is 3. The molecule has 39 heavy (non-hydrogen) atoms. The SMILES string of the molecule is CCOC(=O)c1nn(-c2ccc(C(F)(F)F)cc2)c(=O)c2c(NC(=O)Cc3cccc4ccccc34)scc12. The second-order valence-electron chi connectivity index (χ2n) is 8.55. The van der Waals surface area contributed by atoms with Crippen molar-refractivity contribution < 1.29 is 27.5 Å². The molecule has 0 atom stereocenters. The molecule has 0 aliphatic rings. The molecule has 3 aromatic carbocycles. The van der Waals surface area contributed by atoms with Crippen molar-refractivity contribution in [2.45, 2.75) is 19.5 Å². The molecular formula is C28H20F3N3O4S. The van der Waals surface area contributed by atoms with E-state index in [2.05, 4.69) is 10.4 Å². The molecule has 7 nitrogen and oxygen atoms in total. The molecule has 0 fully saturated rings. The molecule has 0 bridgehead atoms. The van der Waals surface area contributed by atoms with Crippen molar-refractivity contribution in [3.8, 4) is 5.69 Å². The number of nitrogens with zero attached hydrogens (tertiary/aromatic N) is 2. The highest BCUT2D eigenvalue weighted by Gasteiger charge is 2.30. The van der Waals surface area contributed by atoms with Gasteiger partial charge in [-0.1, -0.05) is 42.5 Å². The normalized spacial score (nSPS) is 11.6. The van der Waals surface area contributed by atoms with E-state index < -0.39 is 23.3 Å². The molecule has 1 N–H and O–H groups in total. The average molecular weight is 552 g/mol. The van der Waals surface area contributed by atoms with E-state index in [-0.39, 0.29) is 46.1 Å². The molecular weight excluding hydrogens is 531 g/mol. The minimum absolute atomic E-state index is 0.00391. The first kappa shape index (κ1) is 26.1. The van der Waals surface area contributed by atoms with E-state index in [1.807, 2.05) is 42.5 Å². The maximum atomic E-state index is 13.5.